The van der Waals surface area contributed by atoms with Crippen molar-refractivity contribution in [1.29, 1.82) is 0 Å². The summed E-state index contributed by atoms with van der Waals surface area (Å²) in [6.07, 6.45) is 3.83. The lowest BCUT2D eigenvalue weighted by molar-refractivity contribution is 0.0470. The maximum Gasteiger partial charge on any atom is 0.338 e. The van der Waals surface area contributed by atoms with Crippen molar-refractivity contribution in [3.05, 3.63) is 70.2 Å². The van der Waals surface area contributed by atoms with Gasteiger partial charge in [0, 0.05) is 17.6 Å². The zero-order valence-corrected chi connectivity index (χ0v) is 15.3. The van der Waals surface area contributed by atoms with Crippen LogP contribution in [-0.2, 0) is 17.9 Å². The van der Waals surface area contributed by atoms with E-state index >= 15 is 0 Å². The van der Waals surface area contributed by atoms with E-state index in [1.165, 1.54) is 24.8 Å². The van der Waals surface area contributed by atoms with E-state index < -0.39 is 0 Å². The Balaban J connectivity index is 1.65. The van der Waals surface area contributed by atoms with Gasteiger partial charge in [-0.15, -0.1) is 0 Å². The third-order valence-electron chi connectivity index (χ3n) is 4.85. The zero-order valence-electron chi connectivity index (χ0n) is 14.6. The Kier molecular flexibility index (Phi) is 6.11. The van der Waals surface area contributed by atoms with E-state index in [1.54, 1.807) is 24.3 Å². The highest BCUT2D eigenvalue weighted by molar-refractivity contribution is 6.30. The van der Waals surface area contributed by atoms with Gasteiger partial charge in [0.15, 0.2) is 0 Å². The number of likely N-dealkylation sites (tertiary alicyclic amines) is 1. The summed E-state index contributed by atoms with van der Waals surface area (Å²) in [6, 6.07) is 15.7. The first-order valence-corrected chi connectivity index (χ1v) is 9.25. The number of rotatable bonds is 5. The summed E-state index contributed by atoms with van der Waals surface area (Å²) >= 11 is 5.94. The molecule has 1 atom stereocenters. The molecule has 1 heterocycles. The molecule has 1 aliphatic rings. The maximum atomic E-state index is 12.2. The lowest BCUT2D eigenvalue weighted by Crippen LogP contribution is -2.37. The smallest absolute Gasteiger partial charge is 0.338 e. The molecule has 25 heavy (non-hydrogen) atoms. The van der Waals surface area contributed by atoms with E-state index in [-0.39, 0.29) is 12.6 Å². The molecule has 0 aromatic heterocycles. The molecule has 4 heteroatoms. The molecule has 0 amide bonds. The second-order valence-electron chi connectivity index (χ2n) is 6.67. The fourth-order valence-electron chi connectivity index (χ4n) is 3.31. The Bertz CT molecular complexity index is 731. The van der Waals surface area contributed by atoms with Gasteiger partial charge in [-0.1, -0.05) is 48.4 Å². The fraction of sp³-hybridized carbons (Fsp3) is 0.381. The van der Waals surface area contributed by atoms with Crippen LogP contribution in [0.15, 0.2) is 48.5 Å². The van der Waals surface area contributed by atoms with E-state index in [2.05, 4.69) is 17.9 Å². The number of esters is 1. The molecule has 0 spiro atoms. The average Bonchev–Trinajstić information content (AvgIpc) is 2.62. The number of carbonyl (C=O) groups is 1. The largest absolute Gasteiger partial charge is 0.457 e. The van der Waals surface area contributed by atoms with Crippen molar-refractivity contribution in [3.8, 4) is 0 Å². The molecule has 1 saturated heterocycles. The number of piperidine rings is 1. The standard InChI is InChI=1S/C21H24ClNO2/c1-16-7-4-5-12-23(16)14-18-8-2-3-9-19(18)15-25-21(24)17-10-6-11-20(22)13-17/h2-3,6,8-11,13,16H,4-5,7,12,14-15H2,1H3/t16-/m1/s1. The van der Waals surface area contributed by atoms with Gasteiger partial charge in [0.25, 0.3) is 0 Å². The highest BCUT2D eigenvalue weighted by Crippen LogP contribution is 2.21. The van der Waals surface area contributed by atoms with Gasteiger partial charge < -0.3 is 4.74 Å². The molecule has 1 fully saturated rings. The summed E-state index contributed by atoms with van der Waals surface area (Å²) in [5, 5.41) is 0.536. The van der Waals surface area contributed by atoms with Crippen molar-refractivity contribution in [2.45, 2.75) is 45.4 Å². The van der Waals surface area contributed by atoms with Crippen LogP contribution in [0.4, 0.5) is 0 Å². The van der Waals surface area contributed by atoms with Gasteiger partial charge in [0.05, 0.1) is 5.56 Å². The van der Waals surface area contributed by atoms with Crippen LogP contribution < -0.4 is 0 Å². The minimum Gasteiger partial charge on any atom is -0.457 e. The van der Waals surface area contributed by atoms with E-state index in [0.29, 0.717) is 16.6 Å². The van der Waals surface area contributed by atoms with E-state index in [0.717, 1.165) is 18.7 Å². The molecule has 0 N–H and O–H groups in total. The highest BCUT2D eigenvalue weighted by atomic mass is 35.5. The topological polar surface area (TPSA) is 29.5 Å². The van der Waals surface area contributed by atoms with Crippen molar-refractivity contribution in [2.75, 3.05) is 6.54 Å². The second kappa shape index (κ2) is 8.50. The molecule has 1 aliphatic heterocycles. The van der Waals surface area contributed by atoms with Gasteiger partial charge in [-0.25, -0.2) is 4.79 Å². The summed E-state index contributed by atoms with van der Waals surface area (Å²) in [6.45, 7) is 4.62. The molecule has 0 saturated carbocycles. The van der Waals surface area contributed by atoms with Crippen molar-refractivity contribution in [1.82, 2.24) is 4.90 Å². The second-order valence-corrected chi connectivity index (χ2v) is 7.11. The Morgan fingerprint density at radius 3 is 2.72 bits per heavy atom. The number of ether oxygens (including phenoxy) is 1. The molecule has 2 aromatic rings. The van der Waals surface area contributed by atoms with Crippen LogP contribution in [0.3, 0.4) is 0 Å². The third kappa shape index (κ3) is 4.83. The number of hydrogen-bond donors (Lipinski definition) is 0. The summed E-state index contributed by atoms with van der Waals surface area (Å²) in [5.41, 5.74) is 2.78. The predicted octanol–water partition coefficient (Wildman–Crippen LogP) is 5.07. The average molecular weight is 358 g/mol. The number of halogens is 1. The number of benzene rings is 2. The molecule has 132 valence electrons. The SMILES string of the molecule is C[C@@H]1CCCCN1Cc1ccccc1COC(=O)c1cccc(Cl)c1. The molecule has 0 unspecified atom stereocenters. The third-order valence-corrected chi connectivity index (χ3v) is 5.09. The lowest BCUT2D eigenvalue weighted by atomic mass is 10.0. The lowest BCUT2D eigenvalue weighted by Gasteiger charge is -2.33. The van der Waals surface area contributed by atoms with Crippen LogP contribution in [-0.4, -0.2) is 23.5 Å². The summed E-state index contributed by atoms with van der Waals surface area (Å²) in [5.74, 6) is -0.344. The summed E-state index contributed by atoms with van der Waals surface area (Å²) in [7, 11) is 0. The molecular weight excluding hydrogens is 334 g/mol. The van der Waals surface area contributed by atoms with E-state index in [1.807, 2.05) is 18.2 Å². The van der Waals surface area contributed by atoms with Crippen molar-refractivity contribution < 1.29 is 9.53 Å². The van der Waals surface area contributed by atoms with E-state index in [4.69, 9.17) is 16.3 Å². The monoisotopic (exact) mass is 357 g/mol. The number of hydrogen-bond acceptors (Lipinski definition) is 3. The van der Waals surface area contributed by atoms with Crippen LogP contribution in [0.1, 0.15) is 47.7 Å². The normalized spacial score (nSPS) is 18.1. The van der Waals surface area contributed by atoms with Gasteiger partial charge in [0.1, 0.15) is 6.61 Å². The number of nitrogens with zero attached hydrogens (tertiary/aromatic N) is 1. The van der Waals surface area contributed by atoms with Crippen molar-refractivity contribution in [3.63, 3.8) is 0 Å². The van der Waals surface area contributed by atoms with Gasteiger partial charge >= 0.3 is 5.97 Å². The molecule has 0 bridgehead atoms. The Morgan fingerprint density at radius 1 is 1.16 bits per heavy atom. The number of carbonyl (C=O) groups excluding carboxylic acids is 1. The minimum atomic E-state index is -0.344. The van der Waals surface area contributed by atoms with Gasteiger partial charge in [-0.05, 0) is 55.6 Å². The van der Waals surface area contributed by atoms with Crippen LogP contribution >= 0.6 is 11.6 Å². The zero-order chi connectivity index (χ0) is 17.6. The fourth-order valence-corrected chi connectivity index (χ4v) is 3.50. The summed E-state index contributed by atoms with van der Waals surface area (Å²) < 4.78 is 5.51. The highest BCUT2D eigenvalue weighted by Gasteiger charge is 2.19. The van der Waals surface area contributed by atoms with Crippen LogP contribution in [0.2, 0.25) is 5.02 Å². The minimum absolute atomic E-state index is 0.281. The Hall–Kier alpha value is -1.84. The van der Waals surface area contributed by atoms with Gasteiger partial charge in [-0.3, -0.25) is 4.90 Å². The molecule has 3 rings (SSSR count). The maximum absolute atomic E-state index is 12.2. The van der Waals surface area contributed by atoms with E-state index in [9.17, 15) is 4.79 Å². The molecule has 2 aromatic carbocycles. The first-order valence-electron chi connectivity index (χ1n) is 8.87. The molecule has 0 aliphatic carbocycles. The predicted molar refractivity (Wildman–Crippen MR) is 101 cm³/mol. The van der Waals surface area contributed by atoms with Crippen molar-refractivity contribution >= 4 is 17.6 Å². The van der Waals surface area contributed by atoms with Crippen LogP contribution in [0.25, 0.3) is 0 Å². The van der Waals surface area contributed by atoms with Crippen LogP contribution in [0, 0.1) is 0 Å². The van der Waals surface area contributed by atoms with Crippen LogP contribution in [0.5, 0.6) is 0 Å². The first-order chi connectivity index (χ1) is 12.1. The first kappa shape index (κ1) is 18.0. The molecular formula is C21H24ClNO2. The van der Waals surface area contributed by atoms with Crippen molar-refractivity contribution in [2.24, 2.45) is 0 Å². The summed E-state index contributed by atoms with van der Waals surface area (Å²) in [4.78, 5) is 14.7. The van der Waals surface area contributed by atoms with Gasteiger partial charge in [0.2, 0.25) is 0 Å². The van der Waals surface area contributed by atoms with Gasteiger partial charge in [-0.2, -0.15) is 0 Å². The Labute approximate surface area is 154 Å². The Morgan fingerprint density at radius 2 is 1.96 bits per heavy atom. The molecule has 0 radical (unpaired) electrons. The quantitative estimate of drug-likeness (QED) is 0.699. The molecule has 3 nitrogen and oxygen atoms in total.